The zero-order valence-corrected chi connectivity index (χ0v) is 14.3. The van der Waals surface area contributed by atoms with Gasteiger partial charge in [-0.25, -0.2) is 4.79 Å². The van der Waals surface area contributed by atoms with Crippen molar-refractivity contribution in [2.24, 2.45) is 11.8 Å². The second-order valence-corrected chi connectivity index (χ2v) is 7.66. The molecular formula is C18H28N4O2. The van der Waals surface area contributed by atoms with E-state index in [0.29, 0.717) is 6.04 Å². The van der Waals surface area contributed by atoms with Crippen molar-refractivity contribution in [2.75, 3.05) is 26.2 Å². The fourth-order valence-electron chi connectivity index (χ4n) is 4.28. The summed E-state index contributed by atoms with van der Waals surface area (Å²) in [6, 6.07) is 2.43. The zero-order valence-electron chi connectivity index (χ0n) is 14.3. The third-order valence-corrected chi connectivity index (χ3v) is 5.87. The van der Waals surface area contributed by atoms with E-state index in [0.717, 1.165) is 56.7 Å². The third-order valence-electron chi connectivity index (χ3n) is 5.87. The van der Waals surface area contributed by atoms with Crippen LogP contribution in [-0.4, -0.2) is 53.2 Å². The van der Waals surface area contributed by atoms with E-state index in [1.165, 1.54) is 32.1 Å². The normalized spacial score (nSPS) is 28.8. The molecule has 1 saturated heterocycles. The van der Waals surface area contributed by atoms with Gasteiger partial charge >= 0.3 is 6.03 Å². The predicted octanol–water partition coefficient (Wildman–Crippen LogP) is 2.47. The van der Waals surface area contributed by atoms with Gasteiger partial charge in [-0.15, -0.1) is 0 Å². The molecule has 2 saturated carbocycles. The molecule has 0 aromatic carbocycles. The fraction of sp³-hybridized carbons (Fsp3) is 0.778. The number of piperazine rings is 1. The lowest BCUT2D eigenvalue weighted by Crippen LogP contribution is -2.53. The number of rotatable bonds is 4. The maximum absolute atomic E-state index is 12.6. The van der Waals surface area contributed by atoms with Gasteiger partial charge in [-0.3, -0.25) is 4.90 Å². The molecule has 2 amide bonds. The number of urea groups is 1. The van der Waals surface area contributed by atoms with Gasteiger partial charge in [-0.2, -0.15) is 0 Å². The molecule has 3 fully saturated rings. The van der Waals surface area contributed by atoms with Crippen molar-refractivity contribution in [1.29, 1.82) is 0 Å². The molecular weight excluding hydrogens is 304 g/mol. The molecule has 6 nitrogen and oxygen atoms in total. The Kier molecular flexibility index (Phi) is 4.74. The number of carbonyl (C=O) groups excluding carboxylic acids is 1. The van der Waals surface area contributed by atoms with Gasteiger partial charge in [-0.1, -0.05) is 18.0 Å². The molecule has 2 atom stereocenters. The minimum absolute atomic E-state index is 0.137. The van der Waals surface area contributed by atoms with Gasteiger partial charge in [0.25, 0.3) is 0 Å². The molecule has 1 aromatic heterocycles. The largest absolute Gasteiger partial charge is 0.364 e. The third kappa shape index (κ3) is 3.91. The quantitative estimate of drug-likeness (QED) is 0.920. The molecule has 1 aliphatic heterocycles. The van der Waals surface area contributed by atoms with Crippen molar-refractivity contribution in [3.63, 3.8) is 0 Å². The Morgan fingerprint density at radius 2 is 2.00 bits per heavy atom. The first-order chi connectivity index (χ1) is 11.8. The highest BCUT2D eigenvalue weighted by atomic mass is 16.5. The van der Waals surface area contributed by atoms with Crippen LogP contribution in [0.3, 0.4) is 0 Å². The second kappa shape index (κ2) is 7.13. The number of amides is 2. The molecule has 2 aliphatic carbocycles. The maximum atomic E-state index is 12.6. The van der Waals surface area contributed by atoms with Crippen LogP contribution in [0.5, 0.6) is 0 Å². The van der Waals surface area contributed by atoms with Crippen molar-refractivity contribution < 1.29 is 9.32 Å². The maximum Gasteiger partial charge on any atom is 0.317 e. The SMILES string of the molecule is O=C(N[C@H]1CCC[C@H](C2CC2)C1)N1CCN(Cc2ccon2)CC1. The topological polar surface area (TPSA) is 61.6 Å². The molecule has 1 N–H and O–H groups in total. The highest BCUT2D eigenvalue weighted by Gasteiger charge is 2.35. The van der Waals surface area contributed by atoms with Crippen molar-refractivity contribution in [2.45, 2.75) is 51.1 Å². The van der Waals surface area contributed by atoms with Gasteiger partial charge in [0, 0.05) is 44.8 Å². The highest BCUT2D eigenvalue weighted by molar-refractivity contribution is 5.74. The predicted molar refractivity (Wildman–Crippen MR) is 90.4 cm³/mol. The summed E-state index contributed by atoms with van der Waals surface area (Å²) in [6.07, 6.45) is 9.44. The van der Waals surface area contributed by atoms with Gasteiger partial charge in [0.05, 0.1) is 5.69 Å². The number of nitrogens with one attached hydrogen (secondary N) is 1. The first-order valence-electron chi connectivity index (χ1n) is 9.45. The van der Waals surface area contributed by atoms with E-state index in [9.17, 15) is 4.79 Å². The molecule has 3 aliphatic rings. The van der Waals surface area contributed by atoms with Gasteiger partial charge < -0.3 is 14.7 Å². The molecule has 0 spiro atoms. The van der Waals surface area contributed by atoms with Gasteiger partial charge in [0.2, 0.25) is 0 Å². The lowest BCUT2D eigenvalue weighted by Gasteiger charge is -2.36. The lowest BCUT2D eigenvalue weighted by molar-refractivity contribution is 0.128. The summed E-state index contributed by atoms with van der Waals surface area (Å²) in [5.74, 6) is 1.83. The van der Waals surface area contributed by atoms with E-state index in [-0.39, 0.29) is 6.03 Å². The molecule has 2 heterocycles. The molecule has 0 radical (unpaired) electrons. The summed E-state index contributed by atoms with van der Waals surface area (Å²) in [5.41, 5.74) is 0.959. The average molecular weight is 332 g/mol. The average Bonchev–Trinajstić information content (AvgIpc) is 3.34. The Hall–Kier alpha value is -1.56. The monoisotopic (exact) mass is 332 g/mol. The second-order valence-electron chi connectivity index (χ2n) is 7.66. The summed E-state index contributed by atoms with van der Waals surface area (Å²) in [7, 11) is 0. The molecule has 24 heavy (non-hydrogen) atoms. The Morgan fingerprint density at radius 1 is 1.17 bits per heavy atom. The number of nitrogens with zero attached hydrogens (tertiary/aromatic N) is 3. The van der Waals surface area contributed by atoms with E-state index in [1.807, 2.05) is 11.0 Å². The van der Waals surface area contributed by atoms with Crippen LogP contribution >= 0.6 is 0 Å². The summed E-state index contributed by atoms with van der Waals surface area (Å²) >= 11 is 0. The first-order valence-corrected chi connectivity index (χ1v) is 9.45. The van der Waals surface area contributed by atoms with Gasteiger partial charge in [-0.05, 0) is 37.5 Å². The van der Waals surface area contributed by atoms with E-state index in [2.05, 4.69) is 15.4 Å². The molecule has 1 aromatic rings. The van der Waals surface area contributed by atoms with Crippen LogP contribution in [0.1, 0.15) is 44.2 Å². The zero-order chi connectivity index (χ0) is 16.4. The molecule has 0 unspecified atom stereocenters. The van der Waals surface area contributed by atoms with E-state index in [4.69, 9.17) is 4.52 Å². The highest BCUT2D eigenvalue weighted by Crippen LogP contribution is 2.43. The van der Waals surface area contributed by atoms with Crippen LogP contribution in [0.4, 0.5) is 4.79 Å². The summed E-state index contributed by atoms with van der Waals surface area (Å²) in [4.78, 5) is 16.8. The fourth-order valence-corrected chi connectivity index (χ4v) is 4.28. The molecule has 132 valence electrons. The Labute approximate surface area is 143 Å². The van der Waals surface area contributed by atoms with Crippen LogP contribution in [0.25, 0.3) is 0 Å². The van der Waals surface area contributed by atoms with E-state index in [1.54, 1.807) is 6.26 Å². The Bertz CT molecular complexity index is 535. The Morgan fingerprint density at radius 3 is 2.71 bits per heavy atom. The minimum Gasteiger partial charge on any atom is -0.364 e. The van der Waals surface area contributed by atoms with Crippen molar-refractivity contribution in [3.05, 3.63) is 18.0 Å². The van der Waals surface area contributed by atoms with Crippen LogP contribution in [-0.2, 0) is 6.54 Å². The first kappa shape index (κ1) is 15.9. The number of aromatic nitrogens is 1. The van der Waals surface area contributed by atoms with Crippen molar-refractivity contribution in [3.8, 4) is 0 Å². The molecule has 4 rings (SSSR count). The smallest absolute Gasteiger partial charge is 0.317 e. The molecule has 6 heteroatoms. The van der Waals surface area contributed by atoms with Crippen LogP contribution < -0.4 is 5.32 Å². The Balaban J connectivity index is 1.21. The summed E-state index contributed by atoms with van der Waals surface area (Å²) < 4.78 is 4.88. The van der Waals surface area contributed by atoms with Gasteiger partial charge in [0.15, 0.2) is 0 Å². The summed E-state index contributed by atoms with van der Waals surface area (Å²) in [6.45, 7) is 4.19. The van der Waals surface area contributed by atoms with E-state index < -0.39 is 0 Å². The van der Waals surface area contributed by atoms with Gasteiger partial charge in [0.1, 0.15) is 6.26 Å². The van der Waals surface area contributed by atoms with Crippen molar-refractivity contribution >= 4 is 6.03 Å². The van der Waals surface area contributed by atoms with Crippen molar-refractivity contribution in [1.82, 2.24) is 20.3 Å². The lowest BCUT2D eigenvalue weighted by atomic mass is 9.83. The van der Waals surface area contributed by atoms with Crippen LogP contribution in [0, 0.1) is 11.8 Å². The number of hydrogen-bond acceptors (Lipinski definition) is 4. The van der Waals surface area contributed by atoms with Crippen LogP contribution in [0.2, 0.25) is 0 Å². The van der Waals surface area contributed by atoms with Crippen LogP contribution in [0.15, 0.2) is 16.9 Å². The number of carbonyl (C=O) groups is 1. The summed E-state index contributed by atoms with van der Waals surface area (Å²) in [5, 5.41) is 7.26. The molecule has 0 bridgehead atoms. The number of hydrogen-bond donors (Lipinski definition) is 1. The minimum atomic E-state index is 0.137. The van der Waals surface area contributed by atoms with E-state index >= 15 is 0 Å². The standard InChI is InChI=1S/C18H28N4O2/c23-18(19-16-3-1-2-15(12-16)14-4-5-14)22-9-7-21(8-10-22)13-17-6-11-24-20-17/h6,11,14-16H,1-5,7-10,12-13H2,(H,19,23)/t15-,16-/m0/s1.